The number of carbonyl (C=O) groups is 1. The van der Waals surface area contributed by atoms with Crippen molar-refractivity contribution in [2.24, 2.45) is 7.05 Å². The minimum atomic E-state index is -0.908. The molecule has 0 aliphatic rings. The standard InChI is InChI=1S/C22H18BrF2N5O2/c1-22(13-11-26-30(2)12-13,18-4-3-5-19(23)28-18)10-14-15(24)6-7-16(20(14)25)27-21(31)17-8-9-32-29-17/h3-9,11-12H,10H2,1-2H3,(H,27,31). The summed E-state index contributed by atoms with van der Waals surface area (Å²) in [5, 5.41) is 10.2. The summed E-state index contributed by atoms with van der Waals surface area (Å²) in [4.78, 5) is 16.8. The lowest BCUT2D eigenvalue weighted by Crippen LogP contribution is -2.29. The number of carbonyl (C=O) groups excluding carboxylic acids is 1. The molecule has 10 heteroatoms. The van der Waals surface area contributed by atoms with Crippen LogP contribution in [0.3, 0.4) is 0 Å². The molecule has 0 radical (unpaired) electrons. The fourth-order valence-electron chi connectivity index (χ4n) is 3.49. The van der Waals surface area contributed by atoms with E-state index in [2.05, 4.69) is 41.0 Å². The summed E-state index contributed by atoms with van der Waals surface area (Å²) in [6.45, 7) is 1.85. The number of anilines is 1. The minimum absolute atomic E-state index is 0.0196. The maximum absolute atomic E-state index is 15.4. The molecule has 0 bridgehead atoms. The lowest BCUT2D eigenvalue weighted by molar-refractivity contribution is 0.101. The molecule has 4 rings (SSSR count). The highest BCUT2D eigenvalue weighted by Gasteiger charge is 2.35. The van der Waals surface area contributed by atoms with E-state index in [9.17, 15) is 9.18 Å². The van der Waals surface area contributed by atoms with Crippen LogP contribution in [-0.4, -0.2) is 25.8 Å². The van der Waals surface area contributed by atoms with Crippen molar-refractivity contribution in [1.29, 1.82) is 0 Å². The first-order chi connectivity index (χ1) is 15.3. The summed E-state index contributed by atoms with van der Waals surface area (Å²) in [7, 11) is 1.76. The lowest BCUT2D eigenvalue weighted by Gasteiger charge is -2.29. The van der Waals surface area contributed by atoms with Crippen molar-refractivity contribution in [2.75, 3.05) is 5.32 Å². The molecule has 1 aromatic carbocycles. The molecule has 1 unspecified atom stereocenters. The molecule has 1 atom stereocenters. The van der Waals surface area contributed by atoms with E-state index in [0.717, 1.165) is 11.6 Å². The summed E-state index contributed by atoms with van der Waals surface area (Å²) in [6.07, 6.45) is 4.60. The van der Waals surface area contributed by atoms with Crippen LogP contribution in [0, 0.1) is 11.6 Å². The Balaban J connectivity index is 1.76. The first-order valence-corrected chi connectivity index (χ1v) is 10.4. The molecule has 0 spiro atoms. The first kappa shape index (κ1) is 21.8. The van der Waals surface area contributed by atoms with Gasteiger partial charge in [0.15, 0.2) is 11.5 Å². The predicted octanol–water partition coefficient (Wildman–Crippen LogP) is 4.64. The quantitative estimate of drug-likeness (QED) is 0.388. The second-order valence-corrected chi connectivity index (χ2v) is 8.30. The number of aryl methyl sites for hydroxylation is 1. The van der Waals surface area contributed by atoms with Crippen molar-refractivity contribution >= 4 is 27.5 Å². The zero-order valence-corrected chi connectivity index (χ0v) is 18.7. The van der Waals surface area contributed by atoms with E-state index in [1.165, 1.54) is 18.4 Å². The number of hydrogen-bond acceptors (Lipinski definition) is 5. The Hall–Kier alpha value is -3.40. The molecule has 164 valence electrons. The van der Waals surface area contributed by atoms with Gasteiger partial charge in [0.25, 0.3) is 5.91 Å². The van der Waals surface area contributed by atoms with E-state index in [4.69, 9.17) is 0 Å². The molecule has 3 heterocycles. The number of benzene rings is 1. The topological polar surface area (TPSA) is 85.8 Å². The number of aromatic nitrogens is 4. The number of halogens is 3. The van der Waals surface area contributed by atoms with E-state index in [-0.39, 0.29) is 23.4 Å². The van der Waals surface area contributed by atoms with Gasteiger partial charge in [0.2, 0.25) is 0 Å². The van der Waals surface area contributed by atoms with E-state index in [0.29, 0.717) is 10.3 Å². The van der Waals surface area contributed by atoms with Crippen molar-refractivity contribution < 1.29 is 18.1 Å². The van der Waals surface area contributed by atoms with Gasteiger partial charge >= 0.3 is 0 Å². The number of amides is 1. The normalized spacial score (nSPS) is 13.0. The highest BCUT2D eigenvalue weighted by atomic mass is 79.9. The van der Waals surface area contributed by atoms with E-state index in [1.54, 1.807) is 36.3 Å². The Labute approximate surface area is 190 Å². The average molecular weight is 502 g/mol. The van der Waals surface area contributed by atoms with E-state index in [1.807, 2.05) is 13.0 Å². The number of pyridine rings is 1. The molecule has 3 aromatic heterocycles. The van der Waals surface area contributed by atoms with E-state index < -0.39 is 23.0 Å². The lowest BCUT2D eigenvalue weighted by atomic mass is 9.75. The SMILES string of the molecule is Cn1cc(C(C)(Cc2c(F)ccc(NC(=O)c3ccon3)c2F)c2cccc(Br)n2)cn1. The van der Waals surface area contributed by atoms with Crippen LogP contribution in [-0.2, 0) is 18.9 Å². The largest absolute Gasteiger partial charge is 0.364 e. The molecule has 7 nitrogen and oxygen atoms in total. The monoisotopic (exact) mass is 501 g/mol. The van der Waals surface area contributed by atoms with Crippen LogP contribution >= 0.6 is 15.9 Å². The molecule has 0 aliphatic heterocycles. The molecule has 0 fully saturated rings. The van der Waals surface area contributed by atoms with Crippen LogP contribution < -0.4 is 5.32 Å². The summed E-state index contributed by atoms with van der Waals surface area (Å²) < 4.78 is 37.1. The summed E-state index contributed by atoms with van der Waals surface area (Å²) >= 11 is 3.36. The van der Waals surface area contributed by atoms with Crippen LogP contribution in [0.25, 0.3) is 0 Å². The van der Waals surface area contributed by atoms with Gasteiger partial charge in [-0.3, -0.25) is 9.48 Å². The molecule has 1 amide bonds. The summed E-state index contributed by atoms with van der Waals surface area (Å²) in [5.74, 6) is -2.27. The Morgan fingerprint density at radius 3 is 2.72 bits per heavy atom. The smallest absolute Gasteiger partial charge is 0.277 e. The van der Waals surface area contributed by atoms with Crippen LogP contribution in [0.2, 0.25) is 0 Å². The van der Waals surface area contributed by atoms with Gasteiger partial charge in [0.1, 0.15) is 16.7 Å². The second-order valence-electron chi connectivity index (χ2n) is 7.48. The van der Waals surface area contributed by atoms with Crippen molar-refractivity contribution in [3.63, 3.8) is 0 Å². The van der Waals surface area contributed by atoms with Crippen molar-refractivity contribution in [1.82, 2.24) is 19.9 Å². The Bertz CT molecular complexity index is 1280. The third-order valence-corrected chi connectivity index (χ3v) is 5.70. The first-order valence-electron chi connectivity index (χ1n) is 9.58. The fourth-order valence-corrected chi connectivity index (χ4v) is 3.83. The molecule has 0 saturated heterocycles. The minimum Gasteiger partial charge on any atom is -0.364 e. The average Bonchev–Trinajstić information content (AvgIpc) is 3.45. The summed E-state index contributed by atoms with van der Waals surface area (Å²) in [6, 6.07) is 9.01. The maximum atomic E-state index is 15.4. The van der Waals surface area contributed by atoms with Crippen molar-refractivity contribution in [3.05, 3.63) is 93.8 Å². The molecule has 1 N–H and O–H groups in total. The van der Waals surface area contributed by atoms with Gasteiger partial charge < -0.3 is 9.84 Å². The number of hydrogen-bond donors (Lipinski definition) is 1. The van der Waals surface area contributed by atoms with Crippen LogP contribution in [0.4, 0.5) is 14.5 Å². The fraction of sp³-hybridized carbons (Fsp3) is 0.182. The third-order valence-electron chi connectivity index (χ3n) is 5.26. The van der Waals surface area contributed by atoms with Crippen molar-refractivity contribution in [3.8, 4) is 0 Å². The second kappa shape index (κ2) is 8.62. The Morgan fingerprint density at radius 2 is 2.06 bits per heavy atom. The predicted molar refractivity (Wildman–Crippen MR) is 116 cm³/mol. The number of rotatable bonds is 6. The number of nitrogens with zero attached hydrogens (tertiary/aromatic N) is 4. The highest BCUT2D eigenvalue weighted by Crippen LogP contribution is 2.37. The molecule has 0 aliphatic carbocycles. The van der Waals surface area contributed by atoms with Gasteiger partial charge in [-0.25, -0.2) is 13.8 Å². The molecule has 0 saturated carbocycles. The van der Waals surface area contributed by atoms with Crippen LogP contribution in [0.5, 0.6) is 0 Å². The zero-order chi connectivity index (χ0) is 22.9. The maximum Gasteiger partial charge on any atom is 0.277 e. The summed E-state index contributed by atoms with van der Waals surface area (Å²) in [5.41, 5.74) is 0.0706. The molecule has 4 aromatic rings. The van der Waals surface area contributed by atoms with Crippen LogP contribution in [0.1, 0.15) is 34.2 Å². The van der Waals surface area contributed by atoms with Gasteiger partial charge in [-0.2, -0.15) is 5.10 Å². The Morgan fingerprint density at radius 1 is 1.25 bits per heavy atom. The molecular formula is C22H18BrF2N5O2. The van der Waals surface area contributed by atoms with E-state index >= 15 is 4.39 Å². The zero-order valence-electron chi connectivity index (χ0n) is 17.1. The van der Waals surface area contributed by atoms with Gasteiger partial charge in [-0.1, -0.05) is 11.2 Å². The van der Waals surface area contributed by atoms with Gasteiger partial charge in [-0.15, -0.1) is 0 Å². The van der Waals surface area contributed by atoms with Gasteiger partial charge in [0, 0.05) is 35.9 Å². The van der Waals surface area contributed by atoms with Gasteiger partial charge in [0.05, 0.1) is 17.6 Å². The van der Waals surface area contributed by atoms with Crippen molar-refractivity contribution in [2.45, 2.75) is 18.8 Å². The third kappa shape index (κ3) is 4.18. The number of nitrogens with one attached hydrogen (secondary N) is 1. The Kier molecular flexibility index (Phi) is 5.88. The highest BCUT2D eigenvalue weighted by molar-refractivity contribution is 9.10. The molecule has 32 heavy (non-hydrogen) atoms. The van der Waals surface area contributed by atoms with Crippen LogP contribution in [0.15, 0.2) is 64.2 Å². The van der Waals surface area contributed by atoms with Gasteiger partial charge in [-0.05, 0) is 53.5 Å². The molecular weight excluding hydrogens is 484 g/mol.